The molecule has 1 heterocycles. The topological polar surface area (TPSA) is 64.1 Å². The van der Waals surface area contributed by atoms with E-state index in [1.165, 1.54) is 23.1 Å². The molecular weight excluding hydrogens is 449 g/mol. The molecular formula is C20H19Cl2N3O2S2. The number of benzene rings is 2. The van der Waals surface area contributed by atoms with Crippen LogP contribution in [0.1, 0.15) is 35.7 Å². The van der Waals surface area contributed by atoms with Crippen molar-refractivity contribution in [2.45, 2.75) is 29.9 Å². The van der Waals surface area contributed by atoms with Crippen LogP contribution in [0.3, 0.4) is 0 Å². The summed E-state index contributed by atoms with van der Waals surface area (Å²) in [5.41, 5.74) is 1.57. The number of carbonyl (C=O) groups excluding carboxylic acids is 1. The van der Waals surface area contributed by atoms with Gasteiger partial charge in [-0.15, -0.1) is 10.2 Å². The Morgan fingerprint density at radius 3 is 2.66 bits per heavy atom. The van der Waals surface area contributed by atoms with E-state index < -0.39 is 0 Å². The molecule has 0 saturated heterocycles. The van der Waals surface area contributed by atoms with E-state index >= 15 is 0 Å². The van der Waals surface area contributed by atoms with E-state index in [0.29, 0.717) is 33.1 Å². The molecule has 0 unspecified atom stereocenters. The zero-order chi connectivity index (χ0) is 20.6. The highest BCUT2D eigenvalue weighted by molar-refractivity contribution is 8.00. The summed E-state index contributed by atoms with van der Waals surface area (Å²) in [5.74, 6) is 1.20. The highest BCUT2D eigenvalue weighted by Gasteiger charge is 2.11. The highest BCUT2D eigenvalue weighted by atomic mass is 35.5. The number of rotatable bonds is 9. The summed E-state index contributed by atoms with van der Waals surface area (Å²) >= 11 is 14.8. The average molecular weight is 468 g/mol. The van der Waals surface area contributed by atoms with Crippen LogP contribution in [0.5, 0.6) is 5.75 Å². The molecule has 9 heteroatoms. The fourth-order valence-corrected chi connectivity index (χ4v) is 4.31. The number of halogens is 2. The van der Waals surface area contributed by atoms with Crippen molar-refractivity contribution in [1.29, 1.82) is 0 Å². The van der Waals surface area contributed by atoms with Crippen molar-refractivity contribution in [3.8, 4) is 5.75 Å². The monoisotopic (exact) mass is 467 g/mol. The molecule has 0 aliphatic carbocycles. The minimum atomic E-state index is -0.234. The molecule has 0 radical (unpaired) electrons. The molecule has 0 fully saturated rings. The van der Waals surface area contributed by atoms with Gasteiger partial charge in [0, 0.05) is 11.3 Å². The molecule has 152 valence electrons. The molecule has 3 aromatic rings. The molecule has 1 N–H and O–H groups in total. The third-order valence-electron chi connectivity index (χ3n) is 3.86. The molecule has 0 aliphatic rings. The molecule has 0 bridgehead atoms. The van der Waals surface area contributed by atoms with E-state index in [0.717, 1.165) is 28.5 Å². The highest BCUT2D eigenvalue weighted by Crippen LogP contribution is 2.30. The number of hydrogen-bond acceptors (Lipinski definition) is 6. The minimum absolute atomic E-state index is 0.234. The lowest BCUT2D eigenvalue weighted by Gasteiger charge is -2.06. The number of thioether (sulfide) groups is 1. The van der Waals surface area contributed by atoms with Gasteiger partial charge in [-0.1, -0.05) is 65.7 Å². The zero-order valence-electron chi connectivity index (χ0n) is 15.7. The van der Waals surface area contributed by atoms with Gasteiger partial charge in [0.05, 0.1) is 16.7 Å². The Morgan fingerprint density at radius 2 is 1.93 bits per heavy atom. The van der Waals surface area contributed by atoms with Crippen molar-refractivity contribution >= 4 is 57.3 Å². The Hall–Kier alpha value is -1.80. The maximum absolute atomic E-state index is 12.4. The first-order chi connectivity index (χ1) is 14.0. The molecule has 3 rings (SSSR count). The predicted molar refractivity (Wildman–Crippen MR) is 121 cm³/mol. The van der Waals surface area contributed by atoms with E-state index in [1.807, 2.05) is 12.1 Å². The lowest BCUT2D eigenvalue weighted by Crippen LogP contribution is -2.11. The number of ether oxygens (including phenoxy) is 1. The number of carbonyl (C=O) groups is 1. The molecule has 0 aliphatic heterocycles. The quantitative estimate of drug-likeness (QED) is 0.219. The van der Waals surface area contributed by atoms with Crippen LogP contribution >= 0.6 is 46.3 Å². The maximum Gasteiger partial charge on any atom is 0.257 e. The lowest BCUT2D eigenvalue weighted by molar-refractivity contribution is 0.102. The maximum atomic E-state index is 12.4. The van der Waals surface area contributed by atoms with Crippen molar-refractivity contribution in [1.82, 2.24) is 10.2 Å². The van der Waals surface area contributed by atoms with Gasteiger partial charge in [-0.2, -0.15) is 0 Å². The van der Waals surface area contributed by atoms with Crippen LogP contribution in [0, 0.1) is 0 Å². The number of unbranched alkanes of at least 4 members (excludes halogenated alkanes) is 1. The van der Waals surface area contributed by atoms with E-state index in [9.17, 15) is 4.79 Å². The van der Waals surface area contributed by atoms with Crippen LogP contribution < -0.4 is 10.1 Å². The number of amides is 1. The Morgan fingerprint density at radius 1 is 1.14 bits per heavy atom. The summed E-state index contributed by atoms with van der Waals surface area (Å²) in [6, 6.07) is 12.6. The van der Waals surface area contributed by atoms with Gasteiger partial charge in [0.1, 0.15) is 5.75 Å². The molecule has 0 saturated carbocycles. The van der Waals surface area contributed by atoms with E-state index in [1.54, 1.807) is 30.3 Å². The lowest BCUT2D eigenvalue weighted by atomic mass is 10.2. The molecule has 2 aromatic carbocycles. The molecule has 0 spiro atoms. The minimum Gasteiger partial charge on any atom is -0.494 e. The van der Waals surface area contributed by atoms with Crippen LogP contribution in [-0.2, 0) is 5.75 Å². The Kier molecular flexibility index (Phi) is 8.18. The van der Waals surface area contributed by atoms with Crippen LogP contribution in [0.2, 0.25) is 10.0 Å². The van der Waals surface area contributed by atoms with Crippen LogP contribution in [0.15, 0.2) is 46.8 Å². The van der Waals surface area contributed by atoms with Gasteiger partial charge in [0.25, 0.3) is 5.91 Å². The van der Waals surface area contributed by atoms with Crippen molar-refractivity contribution in [3.05, 3.63) is 63.6 Å². The molecule has 29 heavy (non-hydrogen) atoms. The first kappa shape index (κ1) is 21.9. The average Bonchev–Trinajstić information content (AvgIpc) is 3.17. The first-order valence-electron chi connectivity index (χ1n) is 8.99. The summed E-state index contributed by atoms with van der Waals surface area (Å²) in [6.07, 6.45) is 2.08. The summed E-state index contributed by atoms with van der Waals surface area (Å²) in [4.78, 5) is 12.4. The Balaban J connectivity index is 1.52. The summed E-state index contributed by atoms with van der Waals surface area (Å²) in [6.45, 7) is 2.79. The number of anilines is 1. The summed E-state index contributed by atoms with van der Waals surface area (Å²) in [7, 11) is 0. The van der Waals surface area contributed by atoms with Crippen molar-refractivity contribution in [3.63, 3.8) is 0 Å². The third-order valence-corrected chi connectivity index (χ3v) is 6.64. The zero-order valence-corrected chi connectivity index (χ0v) is 18.8. The van der Waals surface area contributed by atoms with Gasteiger partial charge in [-0.3, -0.25) is 10.1 Å². The summed E-state index contributed by atoms with van der Waals surface area (Å²) < 4.78 is 6.37. The fourth-order valence-electron chi connectivity index (χ4n) is 2.30. The second-order valence-corrected chi connectivity index (χ2v) is 9.11. The SMILES string of the molecule is CCCCOc1ccc(C(=O)Nc2nnc(SCc3ccc(Cl)c(Cl)c3)s2)cc1. The Labute approximate surface area is 187 Å². The van der Waals surface area contributed by atoms with Crippen LogP contribution in [0.25, 0.3) is 0 Å². The van der Waals surface area contributed by atoms with Crippen molar-refractivity contribution in [2.24, 2.45) is 0 Å². The van der Waals surface area contributed by atoms with E-state index in [2.05, 4.69) is 22.4 Å². The van der Waals surface area contributed by atoms with Crippen molar-refractivity contribution in [2.75, 3.05) is 11.9 Å². The van der Waals surface area contributed by atoms with E-state index in [4.69, 9.17) is 27.9 Å². The Bertz CT molecular complexity index is 965. The first-order valence-corrected chi connectivity index (χ1v) is 11.6. The largest absolute Gasteiger partial charge is 0.494 e. The molecule has 1 amide bonds. The standard InChI is InChI=1S/C20H19Cl2N3O2S2/c1-2-3-10-27-15-7-5-14(6-8-15)18(26)23-19-24-25-20(29-19)28-12-13-4-9-16(21)17(22)11-13/h4-9,11H,2-3,10,12H2,1H3,(H,23,24,26). The van der Waals surface area contributed by atoms with Gasteiger partial charge >= 0.3 is 0 Å². The fraction of sp³-hybridized carbons (Fsp3) is 0.250. The third kappa shape index (κ3) is 6.60. The number of hydrogen-bond donors (Lipinski definition) is 1. The van der Waals surface area contributed by atoms with Crippen LogP contribution in [-0.4, -0.2) is 22.7 Å². The van der Waals surface area contributed by atoms with Gasteiger partial charge in [-0.05, 0) is 48.4 Å². The smallest absolute Gasteiger partial charge is 0.257 e. The number of nitrogens with zero attached hydrogens (tertiary/aromatic N) is 2. The summed E-state index contributed by atoms with van der Waals surface area (Å²) in [5, 5.41) is 12.4. The normalized spacial score (nSPS) is 10.7. The van der Waals surface area contributed by atoms with Gasteiger partial charge < -0.3 is 4.74 Å². The van der Waals surface area contributed by atoms with Gasteiger partial charge in [0.15, 0.2) is 4.34 Å². The molecule has 5 nitrogen and oxygen atoms in total. The van der Waals surface area contributed by atoms with E-state index in [-0.39, 0.29) is 5.91 Å². The molecule has 0 atom stereocenters. The second kappa shape index (κ2) is 10.8. The second-order valence-electron chi connectivity index (χ2n) is 6.09. The number of nitrogens with one attached hydrogen (secondary N) is 1. The van der Waals surface area contributed by atoms with Crippen LogP contribution in [0.4, 0.5) is 5.13 Å². The van der Waals surface area contributed by atoms with Crippen molar-refractivity contribution < 1.29 is 9.53 Å². The predicted octanol–water partition coefficient (Wildman–Crippen LogP) is 6.57. The van der Waals surface area contributed by atoms with Gasteiger partial charge in [-0.25, -0.2) is 0 Å². The van der Waals surface area contributed by atoms with Gasteiger partial charge in [0.2, 0.25) is 5.13 Å². The molecule has 1 aromatic heterocycles. The number of aromatic nitrogens is 2.